The first-order chi connectivity index (χ1) is 14.6. The molecule has 0 saturated heterocycles. The third-order valence-corrected chi connectivity index (χ3v) is 8.32. The molecule has 4 bridgehead atoms. The molecule has 4 N–H and O–H groups in total. The maximum atomic E-state index is 11.0. The van der Waals surface area contributed by atoms with E-state index in [4.69, 9.17) is 20.1 Å². The number of carboxylic acid groups (broad SMARTS) is 1. The number of aliphatic carboxylic acids is 1. The minimum Gasteiger partial charge on any atom is -0.487 e. The molecule has 0 spiro atoms. The van der Waals surface area contributed by atoms with Crippen molar-refractivity contribution in [2.45, 2.75) is 75.9 Å². The van der Waals surface area contributed by atoms with Gasteiger partial charge in [0.1, 0.15) is 17.4 Å². The first-order valence-electron chi connectivity index (χ1n) is 11.3. The molecular weight excluding hydrogens is 418 g/mol. The van der Waals surface area contributed by atoms with Crippen LogP contribution in [0.5, 0.6) is 5.75 Å². The molecule has 31 heavy (non-hydrogen) atoms. The lowest BCUT2D eigenvalue weighted by molar-refractivity contribution is -0.152. The Morgan fingerprint density at radius 3 is 2.35 bits per heavy atom. The van der Waals surface area contributed by atoms with Crippen LogP contribution in [0.4, 0.5) is 0 Å². The Morgan fingerprint density at radius 1 is 1.13 bits per heavy atom. The van der Waals surface area contributed by atoms with Crippen molar-refractivity contribution in [1.29, 1.82) is 0 Å². The average Bonchev–Trinajstić information content (AvgIpc) is 2.65. The van der Waals surface area contributed by atoms with E-state index in [2.05, 4.69) is 0 Å². The number of nitrogens with two attached hydrogens (primary N) is 1. The predicted molar refractivity (Wildman–Crippen MR) is 116 cm³/mol. The van der Waals surface area contributed by atoms with E-state index in [1.807, 2.05) is 24.3 Å². The lowest BCUT2D eigenvalue weighted by Gasteiger charge is -2.61. The summed E-state index contributed by atoms with van der Waals surface area (Å²) in [4.78, 5) is 11.0. The number of unbranched alkanes of at least 4 members (excludes halogenated alkanes) is 1. The summed E-state index contributed by atoms with van der Waals surface area (Å²) in [6.07, 6.45) is 9.42. The molecule has 4 fully saturated rings. The highest BCUT2D eigenvalue weighted by atomic mass is 32.2. The van der Waals surface area contributed by atoms with Crippen LogP contribution in [0.2, 0.25) is 0 Å². The second kappa shape index (κ2) is 8.37. The van der Waals surface area contributed by atoms with Gasteiger partial charge in [-0.1, -0.05) is 18.6 Å². The van der Waals surface area contributed by atoms with Gasteiger partial charge in [-0.15, -0.1) is 0 Å². The Bertz CT molecular complexity index is 898. The van der Waals surface area contributed by atoms with E-state index in [0.717, 1.165) is 43.4 Å². The number of carbonyl (C=O) groups is 1. The average molecular weight is 452 g/mol. The van der Waals surface area contributed by atoms with Crippen LogP contribution in [-0.2, 0) is 21.3 Å². The third-order valence-electron chi connectivity index (χ3n) is 7.52. The van der Waals surface area contributed by atoms with Gasteiger partial charge >= 0.3 is 5.97 Å². The van der Waals surface area contributed by atoms with Crippen LogP contribution in [0, 0.1) is 17.3 Å². The van der Waals surface area contributed by atoms with Gasteiger partial charge in [0, 0.05) is 0 Å². The van der Waals surface area contributed by atoms with Gasteiger partial charge in [-0.05, 0) is 92.7 Å². The van der Waals surface area contributed by atoms with Gasteiger partial charge in [-0.2, -0.15) is 8.42 Å². The summed E-state index contributed by atoms with van der Waals surface area (Å²) < 4.78 is 37.7. The third kappa shape index (κ3) is 5.41. The van der Waals surface area contributed by atoms with Crippen LogP contribution >= 0.6 is 0 Å². The summed E-state index contributed by atoms with van der Waals surface area (Å²) in [6.45, 7) is 0. The molecule has 172 valence electrons. The Kier molecular flexibility index (Phi) is 6.09. The number of hydrogen-bond acceptors (Lipinski definition) is 5. The van der Waals surface area contributed by atoms with E-state index in [-0.39, 0.29) is 23.2 Å². The lowest BCUT2D eigenvalue weighted by Crippen LogP contribution is -2.58. The van der Waals surface area contributed by atoms with E-state index in [0.29, 0.717) is 18.3 Å². The van der Waals surface area contributed by atoms with Crippen molar-refractivity contribution < 1.29 is 27.6 Å². The van der Waals surface area contributed by atoms with Gasteiger partial charge in [0.2, 0.25) is 0 Å². The standard InChI is InChI=1S/C23H33NO6S/c24-20(21(25)26)10-16-3-5-19(6-4-16)30-23-13-17-9-18(14-23)12-22(11-17,15-23)7-1-2-8-31(27,28)29/h3-6,17-18,20H,1-2,7-15,24H2,(H,25,26)(H,27,28,29)/t17?,18?,20-,22?,23?/m0/s1. The zero-order valence-electron chi connectivity index (χ0n) is 17.8. The highest BCUT2D eigenvalue weighted by Gasteiger charge is 2.58. The Balaban J connectivity index is 1.41. The predicted octanol–water partition coefficient (Wildman–Crippen LogP) is 3.42. The van der Waals surface area contributed by atoms with Crippen LogP contribution < -0.4 is 10.5 Å². The fourth-order valence-corrected chi connectivity index (χ4v) is 7.41. The van der Waals surface area contributed by atoms with Crippen molar-refractivity contribution in [3.8, 4) is 5.75 Å². The van der Waals surface area contributed by atoms with Gasteiger partial charge in [0.15, 0.2) is 0 Å². The molecule has 0 radical (unpaired) electrons. The number of hydrogen-bond donors (Lipinski definition) is 3. The van der Waals surface area contributed by atoms with Gasteiger partial charge in [-0.25, -0.2) is 0 Å². The van der Waals surface area contributed by atoms with Crippen molar-refractivity contribution in [3.63, 3.8) is 0 Å². The molecular formula is C23H33NO6S. The van der Waals surface area contributed by atoms with E-state index < -0.39 is 22.1 Å². The fourth-order valence-electron chi connectivity index (χ4n) is 6.85. The number of carboxylic acids is 1. The molecule has 5 rings (SSSR count). The Labute approximate surface area is 184 Å². The molecule has 0 aromatic heterocycles. The van der Waals surface area contributed by atoms with Gasteiger partial charge in [0.25, 0.3) is 10.1 Å². The topological polar surface area (TPSA) is 127 Å². The quantitative estimate of drug-likeness (QED) is 0.367. The summed E-state index contributed by atoms with van der Waals surface area (Å²) in [5, 5.41) is 8.99. The van der Waals surface area contributed by atoms with Crippen LogP contribution in [0.1, 0.15) is 63.4 Å². The SMILES string of the molecule is N[C@@H](Cc1ccc(OC23CC4CC(CC(CCCCS(=O)(=O)O)(C4)C2)C3)cc1)C(=O)O. The molecule has 2 unspecified atom stereocenters. The van der Waals surface area contributed by atoms with Crippen LogP contribution in [0.15, 0.2) is 24.3 Å². The second-order valence-corrected chi connectivity index (χ2v) is 11.9. The number of ether oxygens (including phenoxy) is 1. The largest absolute Gasteiger partial charge is 0.487 e. The fraction of sp³-hybridized carbons (Fsp3) is 0.696. The van der Waals surface area contributed by atoms with Crippen molar-refractivity contribution in [3.05, 3.63) is 29.8 Å². The Hall–Kier alpha value is -1.64. The summed E-state index contributed by atoms with van der Waals surface area (Å²) in [5.74, 6) is 0.980. The van der Waals surface area contributed by atoms with Gasteiger partial charge < -0.3 is 15.6 Å². The molecule has 3 atom stereocenters. The zero-order chi connectivity index (χ0) is 22.3. The molecule has 0 amide bonds. The number of rotatable bonds is 10. The first-order valence-corrected chi connectivity index (χ1v) is 12.9. The molecule has 4 aliphatic carbocycles. The minimum absolute atomic E-state index is 0.157. The van der Waals surface area contributed by atoms with Crippen LogP contribution in [-0.4, -0.2) is 41.4 Å². The van der Waals surface area contributed by atoms with Gasteiger partial charge in [-0.3, -0.25) is 9.35 Å². The smallest absolute Gasteiger partial charge is 0.320 e. The molecule has 7 nitrogen and oxygen atoms in total. The zero-order valence-corrected chi connectivity index (χ0v) is 18.6. The van der Waals surface area contributed by atoms with Crippen LogP contribution in [0.3, 0.4) is 0 Å². The monoisotopic (exact) mass is 451 g/mol. The van der Waals surface area contributed by atoms with E-state index in [1.165, 1.54) is 19.3 Å². The summed E-state index contributed by atoms with van der Waals surface area (Å²) in [7, 11) is -3.89. The van der Waals surface area contributed by atoms with Crippen molar-refractivity contribution >= 4 is 16.1 Å². The first kappa shape index (κ1) is 22.6. The molecule has 4 aliphatic rings. The van der Waals surface area contributed by atoms with E-state index >= 15 is 0 Å². The summed E-state index contributed by atoms with van der Waals surface area (Å²) in [6, 6.07) is 6.71. The van der Waals surface area contributed by atoms with Crippen molar-refractivity contribution in [1.82, 2.24) is 0 Å². The van der Waals surface area contributed by atoms with Crippen molar-refractivity contribution in [2.75, 3.05) is 5.75 Å². The van der Waals surface area contributed by atoms with E-state index in [9.17, 15) is 13.2 Å². The maximum absolute atomic E-state index is 11.0. The maximum Gasteiger partial charge on any atom is 0.320 e. The molecule has 4 saturated carbocycles. The van der Waals surface area contributed by atoms with Crippen molar-refractivity contribution in [2.24, 2.45) is 23.0 Å². The molecule has 0 aliphatic heterocycles. The summed E-state index contributed by atoms with van der Waals surface area (Å²) >= 11 is 0. The molecule has 1 aromatic rings. The molecule has 8 heteroatoms. The molecule has 1 aromatic carbocycles. The highest BCUT2D eigenvalue weighted by molar-refractivity contribution is 7.85. The van der Waals surface area contributed by atoms with E-state index in [1.54, 1.807) is 0 Å². The Morgan fingerprint density at radius 2 is 1.77 bits per heavy atom. The highest BCUT2D eigenvalue weighted by Crippen LogP contribution is 2.64. The normalized spacial score (nSPS) is 32.7. The second-order valence-electron chi connectivity index (χ2n) is 10.3. The molecule has 0 heterocycles. The summed E-state index contributed by atoms with van der Waals surface area (Å²) in [5.41, 5.74) is 6.57. The number of benzene rings is 1. The lowest BCUT2D eigenvalue weighted by atomic mass is 9.47. The minimum atomic E-state index is -3.89. The van der Waals surface area contributed by atoms with Crippen LogP contribution in [0.25, 0.3) is 0 Å². The van der Waals surface area contributed by atoms with Gasteiger partial charge in [0.05, 0.1) is 5.75 Å².